The standard InChI is InChI=1S/C9H19N/c1-8(2)6-9(3,4)10(5)7-8/h6-7H2,1-5H3. The molecule has 0 aromatic rings. The maximum atomic E-state index is 2.45. The molecule has 1 nitrogen and oxygen atoms in total. The van der Waals surface area contributed by atoms with Gasteiger partial charge in [-0.2, -0.15) is 0 Å². The van der Waals surface area contributed by atoms with Crippen LogP contribution in [0.15, 0.2) is 0 Å². The van der Waals surface area contributed by atoms with Gasteiger partial charge in [-0.3, -0.25) is 0 Å². The molecule has 1 fully saturated rings. The van der Waals surface area contributed by atoms with Gasteiger partial charge in [-0.1, -0.05) is 13.8 Å². The van der Waals surface area contributed by atoms with Crippen molar-refractivity contribution in [1.82, 2.24) is 4.90 Å². The molecule has 0 bridgehead atoms. The van der Waals surface area contributed by atoms with Crippen molar-refractivity contribution in [2.24, 2.45) is 5.41 Å². The van der Waals surface area contributed by atoms with Crippen LogP contribution in [-0.2, 0) is 0 Å². The van der Waals surface area contributed by atoms with Crippen molar-refractivity contribution in [3.8, 4) is 0 Å². The molecule has 10 heavy (non-hydrogen) atoms. The minimum atomic E-state index is 0.420. The van der Waals surface area contributed by atoms with Crippen molar-refractivity contribution >= 4 is 0 Å². The highest BCUT2D eigenvalue weighted by molar-refractivity contribution is 4.95. The summed E-state index contributed by atoms with van der Waals surface area (Å²) in [6.07, 6.45) is 1.32. The van der Waals surface area contributed by atoms with Crippen molar-refractivity contribution < 1.29 is 0 Å². The number of hydrogen-bond donors (Lipinski definition) is 0. The van der Waals surface area contributed by atoms with Crippen LogP contribution in [-0.4, -0.2) is 24.0 Å². The summed E-state index contributed by atoms with van der Waals surface area (Å²) in [5.74, 6) is 0. The van der Waals surface area contributed by atoms with Crippen molar-refractivity contribution in [1.29, 1.82) is 0 Å². The van der Waals surface area contributed by atoms with Crippen LogP contribution in [0.1, 0.15) is 34.1 Å². The fraction of sp³-hybridized carbons (Fsp3) is 1.00. The second-order valence-electron chi connectivity index (χ2n) is 5.01. The first-order chi connectivity index (χ1) is 4.33. The normalized spacial score (nSPS) is 30.9. The lowest BCUT2D eigenvalue weighted by atomic mass is 9.86. The Balaban J connectivity index is 2.71. The Morgan fingerprint density at radius 2 is 1.60 bits per heavy atom. The van der Waals surface area contributed by atoms with Crippen molar-refractivity contribution in [2.75, 3.05) is 13.6 Å². The molecular formula is C9H19N. The molecule has 1 aliphatic heterocycles. The lowest BCUT2D eigenvalue weighted by Crippen LogP contribution is -2.34. The van der Waals surface area contributed by atoms with Gasteiger partial charge in [0.15, 0.2) is 0 Å². The Labute approximate surface area is 64.4 Å². The predicted molar refractivity (Wildman–Crippen MR) is 45.1 cm³/mol. The van der Waals surface area contributed by atoms with E-state index in [1.807, 2.05) is 0 Å². The first-order valence-corrected chi connectivity index (χ1v) is 4.05. The molecule has 0 amide bonds. The molecule has 1 aliphatic rings. The summed E-state index contributed by atoms with van der Waals surface area (Å²) in [7, 11) is 2.22. The van der Waals surface area contributed by atoms with Gasteiger partial charge in [0.2, 0.25) is 0 Å². The topological polar surface area (TPSA) is 3.24 Å². The zero-order valence-electron chi connectivity index (χ0n) is 7.86. The van der Waals surface area contributed by atoms with Crippen LogP contribution < -0.4 is 0 Å². The smallest absolute Gasteiger partial charge is 0.0156 e. The van der Waals surface area contributed by atoms with Gasteiger partial charge in [0, 0.05) is 12.1 Å². The Morgan fingerprint density at radius 1 is 1.10 bits per heavy atom. The van der Waals surface area contributed by atoms with E-state index in [1.54, 1.807) is 0 Å². The molecule has 1 heterocycles. The van der Waals surface area contributed by atoms with Gasteiger partial charge in [-0.15, -0.1) is 0 Å². The summed E-state index contributed by atoms with van der Waals surface area (Å²) in [5, 5.41) is 0. The lowest BCUT2D eigenvalue weighted by molar-refractivity contribution is 0.218. The molecular weight excluding hydrogens is 122 g/mol. The Morgan fingerprint density at radius 3 is 1.70 bits per heavy atom. The summed E-state index contributed by atoms with van der Waals surface area (Å²) in [6.45, 7) is 10.6. The third-order valence-corrected chi connectivity index (χ3v) is 2.61. The zero-order valence-corrected chi connectivity index (χ0v) is 7.86. The quantitative estimate of drug-likeness (QED) is 0.499. The van der Waals surface area contributed by atoms with E-state index in [1.165, 1.54) is 13.0 Å². The fourth-order valence-electron chi connectivity index (χ4n) is 2.22. The zero-order chi connectivity index (χ0) is 7.99. The van der Waals surface area contributed by atoms with Crippen LogP contribution in [0.3, 0.4) is 0 Å². The van der Waals surface area contributed by atoms with Crippen LogP contribution in [0, 0.1) is 5.41 Å². The lowest BCUT2D eigenvalue weighted by Gasteiger charge is -2.26. The van der Waals surface area contributed by atoms with E-state index in [0.29, 0.717) is 11.0 Å². The van der Waals surface area contributed by atoms with Crippen LogP contribution in [0.2, 0.25) is 0 Å². The highest BCUT2D eigenvalue weighted by atomic mass is 15.2. The molecule has 0 saturated carbocycles. The molecule has 0 unspecified atom stereocenters. The summed E-state index contributed by atoms with van der Waals surface area (Å²) in [5.41, 5.74) is 0.946. The molecule has 60 valence electrons. The first-order valence-electron chi connectivity index (χ1n) is 4.05. The van der Waals surface area contributed by atoms with E-state index in [2.05, 4.69) is 39.6 Å². The number of hydrogen-bond acceptors (Lipinski definition) is 1. The number of rotatable bonds is 0. The van der Waals surface area contributed by atoms with Gasteiger partial charge in [0.1, 0.15) is 0 Å². The van der Waals surface area contributed by atoms with Gasteiger partial charge >= 0.3 is 0 Å². The molecule has 1 saturated heterocycles. The van der Waals surface area contributed by atoms with Gasteiger partial charge in [0.25, 0.3) is 0 Å². The van der Waals surface area contributed by atoms with E-state index in [-0.39, 0.29) is 0 Å². The molecule has 0 spiro atoms. The molecule has 0 aromatic heterocycles. The molecule has 0 aromatic carbocycles. The molecule has 0 radical (unpaired) electrons. The highest BCUT2D eigenvalue weighted by Crippen LogP contribution is 2.39. The minimum absolute atomic E-state index is 0.420. The second-order valence-corrected chi connectivity index (χ2v) is 5.01. The number of likely N-dealkylation sites (tertiary alicyclic amines) is 1. The maximum Gasteiger partial charge on any atom is 0.0156 e. The Hall–Kier alpha value is -0.0400. The maximum absolute atomic E-state index is 2.45. The minimum Gasteiger partial charge on any atom is -0.301 e. The Bertz CT molecular complexity index is 136. The molecule has 1 heteroatoms. The van der Waals surface area contributed by atoms with E-state index < -0.39 is 0 Å². The SMILES string of the molecule is CN1CC(C)(C)CC1(C)C. The summed E-state index contributed by atoms with van der Waals surface area (Å²) < 4.78 is 0. The first kappa shape index (κ1) is 8.06. The Kier molecular flexibility index (Phi) is 1.59. The third-order valence-electron chi connectivity index (χ3n) is 2.61. The van der Waals surface area contributed by atoms with Gasteiger partial charge in [-0.25, -0.2) is 0 Å². The highest BCUT2D eigenvalue weighted by Gasteiger charge is 2.40. The average Bonchev–Trinajstić information content (AvgIpc) is 1.73. The van der Waals surface area contributed by atoms with Crippen LogP contribution >= 0.6 is 0 Å². The largest absolute Gasteiger partial charge is 0.301 e. The van der Waals surface area contributed by atoms with Gasteiger partial charge in [-0.05, 0) is 32.7 Å². The van der Waals surface area contributed by atoms with E-state index in [9.17, 15) is 0 Å². The van der Waals surface area contributed by atoms with Gasteiger partial charge < -0.3 is 4.90 Å². The summed E-state index contributed by atoms with van der Waals surface area (Å²) >= 11 is 0. The average molecular weight is 141 g/mol. The molecule has 0 N–H and O–H groups in total. The monoisotopic (exact) mass is 141 g/mol. The van der Waals surface area contributed by atoms with Crippen molar-refractivity contribution in [3.63, 3.8) is 0 Å². The van der Waals surface area contributed by atoms with Crippen LogP contribution in [0.5, 0.6) is 0 Å². The van der Waals surface area contributed by atoms with Crippen molar-refractivity contribution in [3.05, 3.63) is 0 Å². The third kappa shape index (κ3) is 1.34. The molecule has 0 aliphatic carbocycles. The van der Waals surface area contributed by atoms with E-state index in [4.69, 9.17) is 0 Å². The molecule has 1 rings (SSSR count). The summed E-state index contributed by atoms with van der Waals surface area (Å²) in [4.78, 5) is 2.45. The fourth-order valence-corrected chi connectivity index (χ4v) is 2.22. The second kappa shape index (κ2) is 1.97. The van der Waals surface area contributed by atoms with Crippen molar-refractivity contribution in [2.45, 2.75) is 39.7 Å². The van der Waals surface area contributed by atoms with E-state index in [0.717, 1.165) is 0 Å². The van der Waals surface area contributed by atoms with Crippen LogP contribution in [0.4, 0.5) is 0 Å². The summed E-state index contributed by atoms with van der Waals surface area (Å²) in [6, 6.07) is 0. The van der Waals surface area contributed by atoms with Gasteiger partial charge in [0.05, 0.1) is 0 Å². The number of nitrogens with zero attached hydrogens (tertiary/aromatic N) is 1. The predicted octanol–water partition coefficient (Wildman–Crippen LogP) is 2.13. The molecule has 0 atom stereocenters. The van der Waals surface area contributed by atoms with E-state index >= 15 is 0 Å². The van der Waals surface area contributed by atoms with Crippen LogP contribution in [0.25, 0.3) is 0 Å².